The highest BCUT2D eigenvalue weighted by Gasteiger charge is 2.29. The van der Waals surface area contributed by atoms with Gasteiger partial charge in [0.1, 0.15) is 17.3 Å². The van der Waals surface area contributed by atoms with E-state index < -0.39 is 0 Å². The fourth-order valence-corrected chi connectivity index (χ4v) is 13.4. The Labute approximate surface area is 618 Å². The minimum atomic E-state index is -0.156. The molecule has 0 N–H and O–H groups in total. The summed E-state index contributed by atoms with van der Waals surface area (Å²) in [6.07, 6.45) is 7.08. The zero-order chi connectivity index (χ0) is 73.4. The van der Waals surface area contributed by atoms with Crippen LogP contribution in [0.4, 0.5) is 10.1 Å². The van der Waals surface area contributed by atoms with Gasteiger partial charge in [-0.15, -0.1) is 0 Å². The van der Waals surface area contributed by atoms with E-state index in [1.165, 1.54) is 116 Å². The Morgan fingerprint density at radius 1 is 0.347 bits per heavy atom. The predicted octanol–water partition coefficient (Wildman–Crippen LogP) is 23.1. The number of para-hydroxylation sites is 2. The monoisotopic (exact) mass is 1390 g/mol. The van der Waals surface area contributed by atoms with Crippen LogP contribution in [-0.4, -0.2) is 120 Å². The molecule has 8 aromatic carbocycles. The van der Waals surface area contributed by atoms with Gasteiger partial charge in [0.15, 0.2) is 0 Å². The second-order valence-corrected chi connectivity index (χ2v) is 34.6. The number of anilines is 1. The minimum Gasteiger partial charge on any atom is -0.457 e. The van der Waals surface area contributed by atoms with Crippen LogP contribution in [0.25, 0.3) is 11.1 Å². The third-order valence-electron chi connectivity index (χ3n) is 20.0. The van der Waals surface area contributed by atoms with Gasteiger partial charge < -0.3 is 9.64 Å². The van der Waals surface area contributed by atoms with Crippen molar-refractivity contribution in [3.05, 3.63) is 257 Å². The molecule has 1 saturated carbocycles. The number of halogens is 2. The van der Waals surface area contributed by atoms with Gasteiger partial charge in [-0.3, -0.25) is 24.5 Å². The summed E-state index contributed by atoms with van der Waals surface area (Å²) in [7, 11) is 0. The lowest BCUT2D eigenvalue weighted by atomic mass is 9.81. The molecular weight excluding hydrogens is 1260 g/mol. The molecule has 546 valence electrons. The molecule has 3 aliphatic heterocycles. The molecule has 101 heavy (non-hydrogen) atoms. The van der Waals surface area contributed by atoms with Gasteiger partial charge in [-0.25, -0.2) is 4.39 Å². The van der Waals surface area contributed by atoms with E-state index in [9.17, 15) is 4.39 Å². The van der Waals surface area contributed by atoms with E-state index in [-0.39, 0.29) is 27.6 Å². The number of piperazine rings is 3. The molecule has 12 rings (SSSR count). The third-order valence-corrected chi connectivity index (χ3v) is 20.3. The number of rotatable bonds is 9. The highest BCUT2D eigenvalue weighted by atomic mass is 35.5. The van der Waals surface area contributed by atoms with Gasteiger partial charge in [0.25, 0.3) is 0 Å². The molecule has 0 radical (unpaired) electrons. The first-order valence-electron chi connectivity index (χ1n) is 37.8. The molecule has 4 aliphatic rings. The van der Waals surface area contributed by atoms with Gasteiger partial charge in [0.05, 0.1) is 0 Å². The smallest absolute Gasteiger partial charge is 0.127 e. The van der Waals surface area contributed by atoms with Gasteiger partial charge in [-0.05, 0) is 202 Å². The molecule has 3 saturated heterocycles. The van der Waals surface area contributed by atoms with E-state index in [4.69, 9.17) is 16.3 Å². The van der Waals surface area contributed by atoms with Crippen LogP contribution in [0.5, 0.6) is 11.5 Å². The van der Waals surface area contributed by atoms with Crippen molar-refractivity contribution in [1.82, 2.24) is 24.5 Å². The van der Waals surface area contributed by atoms with Gasteiger partial charge >= 0.3 is 0 Å². The van der Waals surface area contributed by atoms with Crippen molar-refractivity contribution in [2.45, 2.75) is 209 Å². The molecule has 0 atom stereocenters. The Hall–Kier alpha value is -6.62. The first-order chi connectivity index (χ1) is 47.7. The van der Waals surface area contributed by atoms with E-state index in [1.807, 2.05) is 66.7 Å². The first kappa shape index (κ1) is 81.7. The van der Waals surface area contributed by atoms with Crippen LogP contribution in [0, 0.1) is 5.82 Å². The van der Waals surface area contributed by atoms with Crippen molar-refractivity contribution in [3.8, 4) is 22.6 Å². The largest absolute Gasteiger partial charge is 0.457 e. The fraction of sp³-hybridized carbons (Fsp3) is 0.478. The van der Waals surface area contributed by atoms with Crippen molar-refractivity contribution in [3.63, 3.8) is 0 Å². The summed E-state index contributed by atoms with van der Waals surface area (Å²) < 4.78 is 18.6. The van der Waals surface area contributed by atoms with Crippen molar-refractivity contribution >= 4 is 17.3 Å². The second-order valence-electron chi connectivity index (χ2n) is 34.2. The maximum absolute atomic E-state index is 12.8. The number of hydrogen-bond acceptors (Lipinski definition) is 7. The van der Waals surface area contributed by atoms with Crippen LogP contribution in [0.3, 0.4) is 0 Å². The molecule has 8 aromatic rings. The summed E-state index contributed by atoms with van der Waals surface area (Å²) >= 11 is 5.88. The summed E-state index contributed by atoms with van der Waals surface area (Å²) in [6, 6.07) is 72.5. The Bertz CT molecular complexity index is 3550. The highest BCUT2D eigenvalue weighted by molar-refractivity contribution is 6.30. The minimum absolute atomic E-state index is 0.156. The molecule has 9 heteroatoms. The Morgan fingerprint density at radius 2 is 0.683 bits per heavy atom. The first-order valence-corrected chi connectivity index (χ1v) is 38.1. The predicted molar refractivity (Wildman–Crippen MR) is 434 cm³/mol. The number of benzene rings is 8. The number of hydrogen-bond donors (Lipinski definition) is 0. The quantitative estimate of drug-likeness (QED) is 0.142. The molecule has 4 fully saturated rings. The average Bonchev–Trinajstić information content (AvgIpc) is 0.881. The molecule has 7 nitrogen and oxygen atoms in total. The average molecular weight is 1390 g/mol. The third kappa shape index (κ3) is 28.5. The van der Waals surface area contributed by atoms with Crippen LogP contribution in [0.15, 0.2) is 212 Å². The van der Waals surface area contributed by atoms with Crippen molar-refractivity contribution in [1.29, 1.82) is 0 Å². The van der Waals surface area contributed by atoms with Crippen LogP contribution in [-0.2, 0) is 29.3 Å². The molecule has 0 unspecified atom stereocenters. The van der Waals surface area contributed by atoms with E-state index >= 15 is 0 Å². The molecule has 0 aromatic heterocycles. The molecule has 0 amide bonds. The molecule has 3 heterocycles. The zero-order valence-corrected chi connectivity index (χ0v) is 66.3. The van der Waals surface area contributed by atoms with E-state index in [0.29, 0.717) is 11.1 Å². The summed E-state index contributed by atoms with van der Waals surface area (Å²) in [5.41, 5.74) is 13.7. The van der Waals surface area contributed by atoms with Crippen LogP contribution in [0.1, 0.15) is 196 Å². The van der Waals surface area contributed by atoms with Crippen LogP contribution < -0.4 is 9.64 Å². The second kappa shape index (κ2) is 38.2. The lowest BCUT2D eigenvalue weighted by Gasteiger charge is -2.43. The van der Waals surface area contributed by atoms with Crippen LogP contribution >= 0.6 is 11.6 Å². The summed E-state index contributed by atoms with van der Waals surface area (Å²) in [5, 5.41) is 0.778. The van der Waals surface area contributed by atoms with E-state index in [2.05, 4.69) is 287 Å². The fourth-order valence-electron chi connectivity index (χ4n) is 13.3. The maximum atomic E-state index is 12.8. The SMILES string of the molecule is CC(C)(C)N1CCN(Cc2ccc(F)cc2)CC1.CC(C)(C)N1CCN(Cc2ccccc2)CC1.CC(C)(C)N1CCN(c2ccccc2)CC1.CC(C)(C)c1ccc(-c2ccc(Cl)cc2)cc1.CC(C)(C)c1ccc(C2CCCCC2)cc1.CC(C)(C)c1ccc(Oc2ccccc2)cc1. The van der Waals surface area contributed by atoms with E-state index in [0.717, 1.165) is 74.8 Å². The summed E-state index contributed by atoms with van der Waals surface area (Å²) in [4.78, 5) is 15.1. The normalized spacial score (nSPS) is 16.5. The number of nitrogens with zero attached hydrogens (tertiary/aromatic N) is 6. The molecular formula is C92H128ClFN6O. The molecule has 0 spiro atoms. The molecule has 0 bridgehead atoms. The zero-order valence-electron chi connectivity index (χ0n) is 65.6. The van der Waals surface area contributed by atoms with Gasteiger partial charge in [-0.2, -0.15) is 0 Å². The maximum Gasteiger partial charge on any atom is 0.127 e. The summed E-state index contributed by atoms with van der Waals surface area (Å²) in [6.45, 7) is 56.6. The van der Waals surface area contributed by atoms with Gasteiger partial charge in [0.2, 0.25) is 0 Å². The van der Waals surface area contributed by atoms with Gasteiger partial charge in [-0.1, -0.05) is 245 Å². The standard InChI is InChI=1S/C16H17Cl.C16H18O.C16H24.C15H23FN2.C15H24N2.C14H22N2/c1-16(2,3)14-8-4-12(5-9-14)13-6-10-15(17)11-7-13;1-16(2,3)13-9-11-15(12-10-13)17-14-7-5-4-6-8-14;1-16(2,3)15-11-9-14(10-12-15)13-7-5-4-6-8-13;1-15(2,3)18-10-8-17(9-11-18)12-13-4-6-14(16)7-5-13;1-15(2,3)17-11-9-16(10-12-17)13-14-7-5-4-6-8-14;1-14(2,3)16-11-9-15(10-12-16)13-7-5-4-6-8-13/h4-11H,1-3H3;4-12H,1-3H3;9-13H,4-8H2,1-3H3;4-7H,8-12H2,1-3H3;4-8H,9-13H2,1-3H3;4-8H,9-12H2,1-3H3. The Morgan fingerprint density at radius 3 is 1.08 bits per heavy atom. The topological polar surface area (TPSA) is 28.7 Å². The van der Waals surface area contributed by atoms with Crippen molar-refractivity contribution in [2.24, 2.45) is 0 Å². The van der Waals surface area contributed by atoms with Crippen molar-refractivity contribution < 1.29 is 9.13 Å². The Kier molecular flexibility index (Phi) is 30.9. The van der Waals surface area contributed by atoms with E-state index in [1.54, 1.807) is 17.7 Å². The van der Waals surface area contributed by atoms with Crippen LogP contribution in [0.2, 0.25) is 5.02 Å². The van der Waals surface area contributed by atoms with Crippen molar-refractivity contribution in [2.75, 3.05) is 83.4 Å². The Balaban J connectivity index is 0.000000170. The summed E-state index contributed by atoms with van der Waals surface area (Å²) in [5.74, 6) is 2.43. The molecule has 1 aliphatic carbocycles. The number of ether oxygens (including phenoxy) is 1. The lowest BCUT2D eigenvalue weighted by molar-refractivity contribution is 0.0590. The lowest BCUT2D eigenvalue weighted by Crippen LogP contribution is -2.53. The highest BCUT2D eigenvalue weighted by Crippen LogP contribution is 2.35. The van der Waals surface area contributed by atoms with Gasteiger partial charge in [0, 0.05) is 119 Å².